The third-order valence-corrected chi connectivity index (χ3v) is 7.06. The van der Waals surface area contributed by atoms with Gasteiger partial charge in [0.15, 0.2) is 11.6 Å². The fourth-order valence-electron chi connectivity index (χ4n) is 4.77. The third kappa shape index (κ3) is 4.47. The highest BCUT2D eigenvalue weighted by Gasteiger charge is 2.52. The largest absolute Gasteiger partial charge is 0.350 e. The normalized spacial score (nSPS) is 22.1. The zero-order chi connectivity index (χ0) is 24.0. The molecule has 2 heterocycles. The summed E-state index contributed by atoms with van der Waals surface area (Å²) in [5.41, 5.74) is -0.237. The molecule has 1 aromatic heterocycles. The molecule has 5 rings (SSSR count). The van der Waals surface area contributed by atoms with Crippen LogP contribution in [0.4, 0.5) is 8.78 Å². The average molecular weight is 469 g/mol. The van der Waals surface area contributed by atoms with Crippen molar-refractivity contribution in [1.29, 1.82) is 5.26 Å². The second kappa shape index (κ2) is 8.38. The zero-order valence-electron chi connectivity index (χ0n) is 18.4. The molecular formula is C24H25F2N5O3. The lowest BCUT2D eigenvalue weighted by molar-refractivity contribution is -0.125. The molecule has 1 saturated heterocycles. The molecule has 3 amide bonds. The van der Waals surface area contributed by atoms with Gasteiger partial charge in [0.25, 0.3) is 5.91 Å². The number of amides is 3. The van der Waals surface area contributed by atoms with Crippen molar-refractivity contribution in [3.8, 4) is 6.07 Å². The summed E-state index contributed by atoms with van der Waals surface area (Å²) in [5, 5.41) is 18.2. The molecule has 4 N–H and O–H groups in total. The Kier molecular flexibility index (Phi) is 5.50. The molecular weight excluding hydrogens is 444 g/mol. The Labute approximate surface area is 194 Å². The van der Waals surface area contributed by atoms with Crippen LogP contribution in [-0.4, -0.2) is 40.3 Å². The predicted molar refractivity (Wildman–Crippen MR) is 117 cm³/mol. The summed E-state index contributed by atoms with van der Waals surface area (Å²) in [4.78, 5) is 40.7. The maximum atomic E-state index is 14.0. The van der Waals surface area contributed by atoms with Crippen molar-refractivity contribution in [3.05, 3.63) is 35.5 Å². The number of halogens is 2. The predicted octanol–water partition coefficient (Wildman–Crippen LogP) is 2.41. The summed E-state index contributed by atoms with van der Waals surface area (Å²) >= 11 is 0. The van der Waals surface area contributed by atoms with Crippen LogP contribution < -0.4 is 16.0 Å². The number of aromatic nitrogens is 1. The number of aromatic amines is 1. The molecule has 2 saturated carbocycles. The topological polar surface area (TPSA) is 127 Å². The Bertz CT molecular complexity index is 1210. The Morgan fingerprint density at radius 1 is 1.21 bits per heavy atom. The smallest absolute Gasteiger partial charge is 0.268 e. The first-order chi connectivity index (χ1) is 16.3. The summed E-state index contributed by atoms with van der Waals surface area (Å²) in [7, 11) is 0. The molecule has 1 aromatic carbocycles. The van der Waals surface area contributed by atoms with Crippen LogP contribution in [0.5, 0.6) is 0 Å². The van der Waals surface area contributed by atoms with Gasteiger partial charge in [0.1, 0.15) is 17.8 Å². The number of nitrogens with one attached hydrogen (secondary N) is 4. The summed E-state index contributed by atoms with van der Waals surface area (Å²) in [5.74, 6) is -3.36. The Hall–Kier alpha value is -3.48. The molecule has 0 radical (unpaired) electrons. The second-order valence-electron chi connectivity index (χ2n) is 9.81. The van der Waals surface area contributed by atoms with Crippen LogP contribution in [0.1, 0.15) is 55.4 Å². The van der Waals surface area contributed by atoms with Crippen LogP contribution in [0.2, 0.25) is 0 Å². The van der Waals surface area contributed by atoms with Crippen molar-refractivity contribution in [2.45, 2.75) is 62.6 Å². The summed E-state index contributed by atoms with van der Waals surface area (Å²) in [6.45, 7) is 0. The molecule has 34 heavy (non-hydrogen) atoms. The van der Waals surface area contributed by atoms with Gasteiger partial charge in [-0.05, 0) is 56.2 Å². The average Bonchev–Trinajstić information content (AvgIpc) is 3.70. The van der Waals surface area contributed by atoms with Crippen molar-refractivity contribution >= 4 is 28.6 Å². The minimum Gasteiger partial charge on any atom is -0.350 e. The van der Waals surface area contributed by atoms with Gasteiger partial charge < -0.3 is 20.9 Å². The Morgan fingerprint density at radius 3 is 2.62 bits per heavy atom. The van der Waals surface area contributed by atoms with Crippen molar-refractivity contribution in [2.75, 3.05) is 0 Å². The third-order valence-electron chi connectivity index (χ3n) is 7.06. The Balaban J connectivity index is 1.26. The van der Waals surface area contributed by atoms with Crippen LogP contribution in [-0.2, 0) is 9.59 Å². The molecule has 10 heteroatoms. The maximum absolute atomic E-state index is 14.0. The van der Waals surface area contributed by atoms with Crippen molar-refractivity contribution < 1.29 is 23.2 Å². The minimum absolute atomic E-state index is 0.00212. The monoisotopic (exact) mass is 469 g/mol. The number of benzene rings is 1. The summed E-state index contributed by atoms with van der Waals surface area (Å²) < 4.78 is 27.5. The highest BCUT2D eigenvalue weighted by atomic mass is 19.2. The number of hydrogen-bond donors (Lipinski definition) is 4. The number of carbonyl (C=O) groups is 3. The number of fused-ring (bicyclic) bond motifs is 1. The fraction of sp³-hybridized carbons (Fsp3) is 0.500. The van der Waals surface area contributed by atoms with Gasteiger partial charge in [0, 0.05) is 16.8 Å². The van der Waals surface area contributed by atoms with E-state index in [0.29, 0.717) is 24.1 Å². The molecule has 1 aliphatic heterocycles. The SMILES string of the molecule is N#C[C@H](C[C@@H]1CC2(CC2)NC1=O)NC(=O)[C@H](CC1CC1)NC(=O)c1cc2ccc(F)c(F)c2[nH]1. The van der Waals surface area contributed by atoms with Gasteiger partial charge in [0.2, 0.25) is 11.8 Å². The lowest BCUT2D eigenvalue weighted by Gasteiger charge is -2.21. The first-order valence-electron chi connectivity index (χ1n) is 11.6. The van der Waals surface area contributed by atoms with Crippen molar-refractivity contribution in [3.63, 3.8) is 0 Å². The lowest BCUT2D eigenvalue weighted by atomic mass is 9.95. The van der Waals surface area contributed by atoms with E-state index in [0.717, 1.165) is 31.7 Å². The first kappa shape index (κ1) is 22.3. The van der Waals surface area contributed by atoms with Gasteiger partial charge >= 0.3 is 0 Å². The molecule has 3 aliphatic rings. The van der Waals surface area contributed by atoms with Crippen LogP contribution in [0.3, 0.4) is 0 Å². The van der Waals surface area contributed by atoms with Gasteiger partial charge in [-0.15, -0.1) is 0 Å². The zero-order valence-corrected chi connectivity index (χ0v) is 18.4. The molecule has 3 fully saturated rings. The van der Waals surface area contributed by atoms with Crippen LogP contribution in [0.25, 0.3) is 10.9 Å². The van der Waals surface area contributed by atoms with E-state index < -0.39 is 35.5 Å². The number of H-pyrrole nitrogens is 1. The first-order valence-corrected chi connectivity index (χ1v) is 11.6. The second-order valence-corrected chi connectivity index (χ2v) is 9.81. The molecule has 1 spiro atoms. The van der Waals surface area contributed by atoms with Gasteiger partial charge in [-0.3, -0.25) is 14.4 Å². The highest BCUT2D eigenvalue weighted by molar-refractivity contribution is 6.00. The molecule has 2 aromatic rings. The van der Waals surface area contributed by atoms with Crippen LogP contribution >= 0.6 is 0 Å². The number of nitrogens with zero attached hydrogens (tertiary/aromatic N) is 1. The summed E-state index contributed by atoms with van der Waals surface area (Å²) in [6, 6.07) is 4.04. The highest BCUT2D eigenvalue weighted by Crippen LogP contribution is 2.46. The fourth-order valence-corrected chi connectivity index (χ4v) is 4.77. The quantitative estimate of drug-likeness (QED) is 0.474. The van der Waals surface area contributed by atoms with E-state index in [-0.39, 0.29) is 35.0 Å². The van der Waals surface area contributed by atoms with Gasteiger partial charge in [-0.25, -0.2) is 8.78 Å². The number of hydrogen-bond acceptors (Lipinski definition) is 4. The van der Waals surface area contributed by atoms with Gasteiger partial charge in [-0.1, -0.05) is 12.8 Å². The standard InChI is InChI=1S/C24H25F2N5O3/c25-16-4-3-13-9-18(29-20(13)19(16)26)23(34)30-17(7-12-1-2-12)22(33)28-15(11-27)8-14-10-24(5-6-24)31-21(14)32/h3-4,9,12,14-15,17,29H,1-2,5-8,10H2,(H,28,33)(H,30,34)(H,31,32)/t14-,15+,17+/m1/s1. The van der Waals surface area contributed by atoms with E-state index in [9.17, 15) is 28.4 Å². The van der Waals surface area contributed by atoms with E-state index in [1.807, 2.05) is 0 Å². The molecule has 178 valence electrons. The summed E-state index contributed by atoms with van der Waals surface area (Å²) in [6.07, 6.45) is 5.07. The Morgan fingerprint density at radius 2 is 1.97 bits per heavy atom. The van der Waals surface area contributed by atoms with Gasteiger partial charge in [-0.2, -0.15) is 5.26 Å². The van der Waals surface area contributed by atoms with Crippen LogP contribution in [0, 0.1) is 34.8 Å². The molecule has 3 atom stereocenters. The molecule has 2 aliphatic carbocycles. The van der Waals surface area contributed by atoms with E-state index in [2.05, 4.69) is 27.0 Å². The van der Waals surface area contributed by atoms with E-state index in [4.69, 9.17) is 0 Å². The number of rotatable bonds is 8. The molecule has 0 bridgehead atoms. The molecule has 0 unspecified atom stereocenters. The number of nitriles is 1. The van der Waals surface area contributed by atoms with Crippen LogP contribution in [0.15, 0.2) is 18.2 Å². The van der Waals surface area contributed by atoms with E-state index in [1.54, 1.807) is 0 Å². The van der Waals surface area contributed by atoms with Crippen molar-refractivity contribution in [2.24, 2.45) is 11.8 Å². The minimum atomic E-state index is -1.08. The number of carbonyl (C=O) groups excluding carboxylic acids is 3. The lowest BCUT2D eigenvalue weighted by Crippen LogP contribution is -2.50. The molecule has 8 nitrogen and oxygen atoms in total. The van der Waals surface area contributed by atoms with E-state index in [1.165, 1.54) is 12.1 Å². The van der Waals surface area contributed by atoms with Gasteiger partial charge in [0.05, 0.1) is 11.6 Å². The van der Waals surface area contributed by atoms with Crippen molar-refractivity contribution in [1.82, 2.24) is 20.9 Å². The maximum Gasteiger partial charge on any atom is 0.268 e. The van der Waals surface area contributed by atoms with E-state index >= 15 is 0 Å².